The van der Waals surface area contributed by atoms with Gasteiger partial charge in [0.2, 0.25) is 11.8 Å². The molecule has 0 aromatic heterocycles. The van der Waals surface area contributed by atoms with Crippen LogP contribution in [0, 0.1) is 17.2 Å². The number of hydrogen-bond acceptors (Lipinski definition) is 4. The third-order valence-electron chi connectivity index (χ3n) is 7.37. The van der Waals surface area contributed by atoms with Gasteiger partial charge < -0.3 is 15.5 Å². The minimum Gasteiger partial charge on any atom is -0.338 e. The van der Waals surface area contributed by atoms with E-state index in [1.165, 1.54) is 6.42 Å². The average molecular weight is 429 g/mol. The van der Waals surface area contributed by atoms with Crippen LogP contribution in [0.5, 0.6) is 0 Å². The summed E-state index contributed by atoms with van der Waals surface area (Å²) in [6, 6.07) is 15.9. The Bertz CT molecular complexity index is 1100. The van der Waals surface area contributed by atoms with E-state index in [0.717, 1.165) is 53.7 Å². The summed E-state index contributed by atoms with van der Waals surface area (Å²) in [5.74, 6) is 0.674. The van der Waals surface area contributed by atoms with E-state index in [1.54, 1.807) is 4.90 Å². The van der Waals surface area contributed by atoms with Crippen molar-refractivity contribution in [1.82, 2.24) is 10.6 Å². The van der Waals surface area contributed by atoms with Gasteiger partial charge in [-0.05, 0) is 60.0 Å². The van der Waals surface area contributed by atoms with Crippen molar-refractivity contribution in [3.63, 3.8) is 0 Å². The van der Waals surface area contributed by atoms with E-state index in [2.05, 4.69) is 22.8 Å². The predicted octanol–water partition coefficient (Wildman–Crippen LogP) is 2.96. The average Bonchev–Trinajstić information content (AvgIpc) is 3.28. The molecule has 32 heavy (non-hydrogen) atoms. The molecular weight excluding hydrogens is 400 g/mol. The zero-order valence-corrected chi connectivity index (χ0v) is 18.4. The van der Waals surface area contributed by atoms with E-state index < -0.39 is 11.6 Å². The Morgan fingerprint density at radius 3 is 2.84 bits per heavy atom. The zero-order valence-electron chi connectivity index (χ0n) is 18.4. The molecule has 2 bridgehead atoms. The summed E-state index contributed by atoms with van der Waals surface area (Å²) in [5, 5.41) is 16.1. The molecule has 1 unspecified atom stereocenters. The minimum atomic E-state index is -0.551. The molecule has 0 radical (unpaired) electrons. The molecule has 5 rings (SSSR count). The highest BCUT2D eigenvalue weighted by atomic mass is 16.2. The minimum absolute atomic E-state index is 0.0281. The predicted molar refractivity (Wildman–Crippen MR) is 123 cm³/mol. The van der Waals surface area contributed by atoms with Crippen LogP contribution in [0.3, 0.4) is 0 Å². The summed E-state index contributed by atoms with van der Waals surface area (Å²) in [6.07, 6.45) is 4.92. The van der Waals surface area contributed by atoms with Crippen LogP contribution in [-0.2, 0) is 22.4 Å². The van der Waals surface area contributed by atoms with Gasteiger partial charge in [0.1, 0.15) is 6.04 Å². The van der Waals surface area contributed by atoms with Crippen LogP contribution in [0.25, 0.3) is 11.1 Å². The summed E-state index contributed by atoms with van der Waals surface area (Å²) in [6.45, 7) is 0.902. The van der Waals surface area contributed by atoms with Gasteiger partial charge >= 0.3 is 0 Å². The Hall–Kier alpha value is -3.17. The Morgan fingerprint density at radius 1 is 1.28 bits per heavy atom. The lowest BCUT2D eigenvalue weighted by molar-refractivity contribution is -0.128. The normalized spacial score (nSPS) is 24.7. The Morgan fingerprint density at radius 2 is 2.06 bits per heavy atom. The highest BCUT2D eigenvalue weighted by Gasteiger charge is 2.47. The van der Waals surface area contributed by atoms with Gasteiger partial charge in [-0.1, -0.05) is 42.8 Å². The van der Waals surface area contributed by atoms with Gasteiger partial charge in [-0.2, -0.15) is 5.26 Å². The van der Waals surface area contributed by atoms with Crippen LogP contribution in [0.15, 0.2) is 42.5 Å². The lowest BCUT2D eigenvalue weighted by atomic mass is 9.79. The fourth-order valence-corrected chi connectivity index (χ4v) is 5.47. The van der Waals surface area contributed by atoms with E-state index in [-0.39, 0.29) is 11.8 Å². The number of hydrogen-bond donors (Lipinski definition) is 2. The highest BCUT2D eigenvalue weighted by Crippen LogP contribution is 2.37. The fourth-order valence-electron chi connectivity index (χ4n) is 5.47. The third kappa shape index (κ3) is 3.67. The molecule has 6 heteroatoms. The molecule has 1 saturated heterocycles. The van der Waals surface area contributed by atoms with Crippen molar-refractivity contribution >= 4 is 17.5 Å². The van der Waals surface area contributed by atoms with Gasteiger partial charge in [0.05, 0.1) is 18.0 Å². The number of likely N-dealkylation sites (N-methyl/N-ethyl adjacent to an activating group) is 1. The quantitative estimate of drug-likeness (QED) is 0.767. The van der Waals surface area contributed by atoms with E-state index in [1.807, 2.05) is 43.4 Å². The molecule has 2 aliphatic heterocycles. The lowest BCUT2D eigenvalue weighted by Gasteiger charge is -2.32. The number of amides is 2. The first kappa shape index (κ1) is 20.7. The van der Waals surface area contributed by atoms with Crippen LogP contribution in [0.4, 0.5) is 5.69 Å². The van der Waals surface area contributed by atoms with Crippen molar-refractivity contribution in [2.75, 3.05) is 18.5 Å². The smallest absolute Gasteiger partial charge is 0.241 e. The standard InChI is InChI=1S/C26H28N4O2/c1-30-23-12-20(8-9-21(23)13-24(30)31)19-6-4-17(5-7-19)11-22(15-27)29-25(32)26-10-2-3-18(14-26)16-28-26/h4-9,12,18,22,28H,2-3,10-11,13-14,16H2,1H3,(H,29,32)/t18?,22-,26+/m0/s1. The maximum Gasteiger partial charge on any atom is 0.241 e. The Kier molecular flexibility index (Phi) is 5.22. The number of nitriles is 1. The SMILES string of the molecule is CN1C(=O)Cc2ccc(-c3ccc(C[C@@H](C#N)NC(=O)[C@]45CCCC(CN4)C5)cc3)cc21. The lowest BCUT2D eigenvalue weighted by Crippen LogP contribution is -2.56. The molecule has 3 aliphatic rings. The molecule has 2 aromatic rings. The highest BCUT2D eigenvalue weighted by molar-refractivity contribution is 6.01. The molecule has 2 amide bonds. The summed E-state index contributed by atoms with van der Waals surface area (Å²) in [4.78, 5) is 26.6. The number of carbonyl (C=O) groups excluding carboxylic acids is 2. The third-order valence-corrected chi connectivity index (χ3v) is 7.37. The second kappa shape index (κ2) is 8.07. The second-order valence-corrected chi connectivity index (χ2v) is 9.45. The number of rotatable bonds is 5. The summed E-state index contributed by atoms with van der Waals surface area (Å²) < 4.78 is 0. The molecule has 2 heterocycles. The number of fused-ring (bicyclic) bond motifs is 3. The number of benzene rings is 2. The summed E-state index contributed by atoms with van der Waals surface area (Å²) in [5.41, 5.74) is 4.67. The van der Waals surface area contributed by atoms with Crippen LogP contribution >= 0.6 is 0 Å². The van der Waals surface area contributed by atoms with Crippen LogP contribution < -0.4 is 15.5 Å². The van der Waals surface area contributed by atoms with Gasteiger partial charge in [0.15, 0.2) is 0 Å². The molecule has 1 saturated carbocycles. The van der Waals surface area contributed by atoms with E-state index >= 15 is 0 Å². The molecule has 1 aliphatic carbocycles. The molecule has 0 spiro atoms. The Balaban J connectivity index is 1.26. The molecule has 2 fully saturated rings. The summed E-state index contributed by atoms with van der Waals surface area (Å²) >= 11 is 0. The first-order chi connectivity index (χ1) is 15.5. The van der Waals surface area contributed by atoms with Crippen LogP contribution in [0.2, 0.25) is 0 Å². The summed E-state index contributed by atoms with van der Waals surface area (Å²) in [7, 11) is 1.81. The molecule has 6 nitrogen and oxygen atoms in total. The maximum absolute atomic E-state index is 13.0. The van der Waals surface area contributed by atoms with Crippen molar-refractivity contribution in [3.05, 3.63) is 53.6 Å². The van der Waals surface area contributed by atoms with Crippen molar-refractivity contribution in [2.45, 2.75) is 50.1 Å². The number of nitrogens with one attached hydrogen (secondary N) is 2. The molecule has 2 aromatic carbocycles. The van der Waals surface area contributed by atoms with Crippen LogP contribution in [0.1, 0.15) is 36.8 Å². The molecular formula is C26H28N4O2. The molecule has 164 valence electrons. The largest absolute Gasteiger partial charge is 0.338 e. The van der Waals surface area contributed by atoms with Gasteiger partial charge in [0, 0.05) is 19.2 Å². The fraction of sp³-hybridized carbons (Fsp3) is 0.423. The second-order valence-electron chi connectivity index (χ2n) is 9.45. The van der Waals surface area contributed by atoms with E-state index in [4.69, 9.17) is 0 Å². The first-order valence-electron chi connectivity index (χ1n) is 11.4. The van der Waals surface area contributed by atoms with E-state index in [9.17, 15) is 14.9 Å². The Labute approximate surface area is 188 Å². The van der Waals surface area contributed by atoms with Gasteiger partial charge in [0.25, 0.3) is 0 Å². The van der Waals surface area contributed by atoms with E-state index in [0.29, 0.717) is 18.8 Å². The van der Waals surface area contributed by atoms with Gasteiger partial charge in [-0.25, -0.2) is 0 Å². The zero-order chi connectivity index (χ0) is 22.3. The topological polar surface area (TPSA) is 85.2 Å². The number of anilines is 1. The molecule has 3 atom stereocenters. The van der Waals surface area contributed by atoms with Gasteiger partial charge in [-0.3, -0.25) is 9.59 Å². The number of nitrogens with zero attached hydrogens (tertiary/aromatic N) is 2. The van der Waals surface area contributed by atoms with Crippen LogP contribution in [-0.4, -0.2) is 37.0 Å². The molecule has 2 N–H and O–H groups in total. The monoisotopic (exact) mass is 428 g/mol. The first-order valence-corrected chi connectivity index (χ1v) is 11.4. The van der Waals surface area contributed by atoms with Crippen molar-refractivity contribution in [3.8, 4) is 17.2 Å². The van der Waals surface area contributed by atoms with Crippen molar-refractivity contribution < 1.29 is 9.59 Å². The number of carbonyl (C=O) groups is 2. The van der Waals surface area contributed by atoms with Gasteiger partial charge in [-0.15, -0.1) is 0 Å². The maximum atomic E-state index is 13.0. The van der Waals surface area contributed by atoms with Crippen molar-refractivity contribution in [1.29, 1.82) is 5.26 Å². The van der Waals surface area contributed by atoms with Crippen molar-refractivity contribution in [2.24, 2.45) is 5.92 Å².